The molecule has 31 heavy (non-hydrogen) atoms. The summed E-state index contributed by atoms with van der Waals surface area (Å²) in [6.07, 6.45) is 5.15. The lowest BCUT2D eigenvalue weighted by atomic mass is 10.1. The summed E-state index contributed by atoms with van der Waals surface area (Å²) in [4.78, 5) is 20.8. The van der Waals surface area contributed by atoms with E-state index in [-0.39, 0.29) is 17.0 Å². The van der Waals surface area contributed by atoms with Crippen LogP contribution in [0.25, 0.3) is 10.9 Å². The van der Waals surface area contributed by atoms with Crippen molar-refractivity contribution in [1.29, 1.82) is 0 Å². The number of amides is 1. The summed E-state index contributed by atoms with van der Waals surface area (Å²) in [6, 6.07) is 7.80. The molecule has 2 aromatic carbocycles. The number of anilines is 3. The van der Waals surface area contributed by atoms with Gasteiger partial charge in [0.1, 0.15) is 29.8 Å². The van der Waals surface area contributed by atoms with Crippen LogP contribution in [0.15, 0.2) is 48.8 Å². The summed E-state index contributed by atoms with van der Waals surface area (Å²) < 4.78 is 24.9. The fraction of sp³-hybridized carbons (Fsp3) is 0.227. The van der Waals surface area contributed by atoms with Crippen LogP contribution in [0, 0.1) is 5.82 Å². The highest BCUT2D eigenvalue weighted by molar-refractivity contribution is 6.31. The van der Waals surface area contributed by atoms with Crippen molar-refractivity contribution in [2.45, 2.75) is 19.4 Å². The molecule has 0 bridgehead atoms. The first-order valence-corrected chi connectivity index (χ1v) is 10.1. The summed E-state index contributed by atoms with van der Waals surface area (Å²) in [6.45, 7) is 2.88. The predicted octanol–water partition coefficient (Wildman–Crippen LogP) is 4.85. The number of carbonyl (C=O) groups is 1. The van der Waals surface area contributed by atoms with Crippen molar-refractivity contribution in [3.63, 3.8) is 0 Å². The number of ether oxygens (including phenoxy) is 2. The molecular weight excluding hydrogens is 423 g/mol. The van der Waals surface area contributed by atoms with E-state index in [1.807, 2.05) is 0 Å². The number of hydrogen-bond donors (Lipinski definition) is 2. The summed E-state index contributed by atoms with van der Waals surface area (Å²) in [5, 5.41) is 6.61. The molecule has 0 saturated carbocycles. The van der Waals surface area contributed by atoms with E-state index in [0.717, 1.165) is 6.42 Å². The van der Waals surface area contributed by atoms with E-state index in [0.29, 0.717) is 47.1 Å². The summed E-state index contributed by atoms with van der Waals surface area (Å²) in [5.74, 6) is 0.178. The lowest BCUT2D eigenvalue weighted by Crippen LogP contribution is -2.18. The molecule has 2 heterocycles. The molecule has 0 radical (unpaired) electrons. The largest absolute Gasteiger partial charge is 0.486 e. The first kappa shape index (κ1) is 21.0. The van der Waals surface area contributed by atoms with Gasteiger partial charge in [0.15, 0.2) is 0 Å². The van der Waals surface area contributed by atoms with Crippen LogP contribution in [-0.2, 0) is 9.53 Å². The maximum atomic E-state index is 13.5. The van der Waals surface area contributed by atoms with Gasteiger partial charge in [-0.05, 0) is 37.3 Å². The zero-order chi connectivity index (χ0) is 21.8. The molecule has 3 aromatic rings. The summed E-state index contributed by atoms with van der Waals surface area (Å²) in [7, 11) is 0. The minimum absolute atomic E-state index is 0.00265. The highest BCUT2D eigenvalue weighted by atomic mass is 35.5. The van der Waals surface area contributed by atoms with Gasteiger partial charge in [-0.25, -0.2) is 14.4 Å². The molecule has 7 nitrogen and oxygen atoms in total. The topological polar surface area (TPSA) is 85.4 Å². The van der Waals surface area contributed by atoms with E-state index in [1.54, 1.807) is 31.2 Å². The van der Waals surface area contributed by atoms with E-state index in [1.165, 1.54) is 24.5 Å². The van der Waals surface area contributed by atoms with Gasteiger partial charge < -0.3 is 20.1 Å². The van der Waals surface area contributed by atoms with Gasteiger partial charge in [-0.15, -0.1) is 0 Å². The predicted molar refractivity (Wildman–Crippen MR) is 118 cm³/mol. The fourth-order valence-corrected chi connectivity index (χ4v) is 3.38. The van der Waals surface area contributed by atoms with Crippen molar-refractivity contribution in [1.82, 2.24) is 9.97 Å². The van der Waals surface area contributed by atoms with Gasteiger partial charge in [0.25, 0.3) is 0 Å². The Hall–Kier alpha value is -3.23. The van der Waals surface area contributed by atoms with Gasteiger partial charge in [0, 0.05) is 23.6 Å². The molecule has 1 amide bonds. The highest BCUT2D eigenvalue weighted by Gasteiger charge is 2.20. The first-order chi connectivity index (χ1) is 15.0. The molecular formula is C22H20ClFN4O3. The Bertz CT molecular complexity index is 1150. The highest BCUT2D eigenvalue weighted by Crippen LogP contribution is 2.35. The van der Waals surface area contributed by atoms with Crippen molar-refractivity contribution in [3.8, 4) is 5.75 Å². The van der Waals surface area contributed by atoms with Gasteiger partial charge >= 0.3 is 0 Å². The zero-order valence-corrected chi connectivity index (χ0v) is 17.4. The Morgan fingerprint density at radius 3 is 2.94 bits per heavy atom. The Labute approximate surface area is 183 Å². The standard InChI is InChI=1S/C22H20ClFN4O3/c1-2-3-21(29)28-19-9-15-18(10-20(19)31-14-6-7-30-11-14)25-12-26-22(15)27-13-4-5-17(24)16(23)8-13/h2-5,8-10,12,14H,6-7,11H2,1H3,(H,28,29)(H,25,26,27)/b3-2+/t14-/m1/s1. The number of nitrogens with zero attached hydrogens (tertiary/aromatic N) is 2. The molecule has 1 saturated heterocycles. The third-order valence-corrected chi connectivity index (χ3v) is 4.97. The van der Waals surface area contributed by atoms with Crippen molar-refractivity contribution in [3.05, 3.63) is 59.7 Å². The molecule has 2 N–H and O–H groups in total. The van der Waals surface area contributed by atoms with Crippen LogP contribution in [0.2, 0.25) is 5.02 Å². The van der Waals surface area contributed by atoms with Crippen LogP contribution in [0.5, 0.6) is 5.75 Å². The van der Waals surface area contributed by atoms with Gasteiger partial charge in [-0.2, -0.15) is 0 Å². The number of hydrogen-bond acceptors (Lipinski definition) is 6. The van der Waals surface area contributed by atoms with Gasteiger partial charge in [-0.1, -0.05) is 17.7 Å². The van der Waals surface area contributed by atoms with E-state index in [4.69, 9.17) is 21.1 Å². The Kier molecular flexibility index (Phi) is 6.29. The van der Waals surface area contributed by atoms with Crippen LogP contribution in [0.4, 0.5) is 21.6 Å². The van der Waals surface area contributed by atoms with Crippen molar-refractivity contribution in [2.24, 2.45) is 0 Å². The van der Waals surface area contributed by atoms with Crippen molar-refractivity contribution < 1.29 is 18.7 Å². The number of aromatic nitrogens is 2. The molecule has 4 rings (SSSR count). The number of rotatable bonds is 6. The molecule has 1 aliphatic rings. The average molecular weight is 443 g/mol. The maximum Gasteiger partial charge on any atom is 0.248 e. The molecule has 1 aliphatic heterocycles. The lowest BCUT2D eigenvalue weighted by molar-refractivity contribution is -0.111. The third kappa shape index (κ3) is 4.92. The minimum Gasteiger partial charge on any atom is -0.486 e. The zero-order valence-electron chi connectivity index (χ0n) is 16.7. The summed E-state index contributed by atoms with van der Waals surface area (Å²) in [5.41, 5.74) is 1.66. The number of allylic oxidation sites excluding steroid dienone is 1. The smallest absolute Gasteiger partial charge is 0.248 e. The molecule has 1 atom stereocenters. The lowest BCUT2D eigenvalue weighted by Gasteiger charge is -2.17. The summed E-state index contributed by atoms with van der Waals surface area (Å²) >= 11 is 5.88. The molecule has 0 unspecified atom stereocenters. The quantitative estimate of drug-likeness (QED) is 0.531. The third-order valence-electron chi connectivity index (χ3n) is 4.68. The van der Waals surface area contributed by atoms with Gasteiger partial charge in [0.05, 0.1) is 29.4 Å². The second kappa shape index (κ2) is 9.28. The molecule has 0 spiro atoms. The van der Waals surface area contributed by atoms with Gasteiger partial charge in [-0.3, -0.25) is 4.79 Å². The number of benzene rings is 2. The molecule has 0 aliphatic carbocycles. The fourth-order valence-electron chi connectivity index (χ4n) is 3.20. The molecule has 160 valence electrons. The number of fused-ring (bicyclic) bond motifs is 1. The number of carbonyl (C=O) groups excluding carboxylic acids is 1. The molecule has 1 fully saturated rings. The van der Waals surface area contributed by atoms with E-state index in [9.17, 15) is 9.18 Å². The Morgan fingerprint density at radius 1 is 1.32 bits per heavy atom. The van der Waals surface area contributed by atoms with E-state index in [2.05, 4.69) is 20.6 Å². The van der Waals surface area contributed by atoms with Crippen LogP contribution in [0.3, 0.4) is 0 Å². The maximum absolute atomic E-state index is 13.5. The average Bonchev–Trinajstić information content (AvgIpc) is 3.25. The second-order valence-corrected chi connectivity index (χ2v) is 7.34. The van der Waals surface area contributed by atoms with Crippen LogP contribution < -0.4 is 15.4 Å². The Morgan fingerprint density at radius 2 is 2.19 bits per heavy atom. The van der Waals surface area contributed by atoms with E-state index >= 15 is 0 Å². The van der Waals surface area contributed by atoms with Crippen LogP contribution >= 0.6 is 11.6 Å². The molecule has 1 aromatic heterocycles. The van der Waals surface area contributed by atoms with Crippen LogP contribution in [0.1, 0.15) is 13.3 Å². The SMILES string of the molecule is C/C=C/C(=O)Nc1cc2c(Nc3ccc(F)c(Cl)c3)ncnc2cc1O[C@@H]1CCOC1. The van der Waals surface area contributed by atoms with E-state index < -0.39 is 5.82 Å². The van der Waals surface area contributed by atoms with Crippen molar-refractivity contribution in [2.75, 3.05) is 23.8 Å². The second-order valence-electron chi connectivity index (χ2n) is 6.93. The number of nitrogens with one attached hydrogen (secondary N) is 2. The minimum atomic E-state index is -0.508. The Balaban J connectivity index is 1.74. The normalized spacial score (nSPS) is 16.0. The first-order valence-electron chi connectivity index (χ1n) is 9.72. The van der Waals surface area contributed by atoms with Gasteiger partial charge in [0.2, 0.25) is 5.91 Å². The number of halogens is 2. The monoisotopic (exact) mass is 442 g/mol. The molecule has 9 heteroatoms. The van der Waals surface area contributed by atoms with Crippen molar-refractivity contribution >= 4 is 45.6 Å². The van der Waals surface area contributed by atoms with Crippen LogP contribution in [-0.4, -0.2) is 35.2 Å².